The Bertz CT molecular complexity index is 721. The average molecular weight is 307 g/mol. The largest absolute Gasteiger partial charge is 0.478 e. The lowest BCUT2D eigenvalue weighted by molar-refractivity contribution is 0.0697. The molecule has 0 saturated carbocycles. The van der Waals surface area contributed by atoms with Crippen molar-refractivity contribution >= 4 is 27.3 Å². The third-order valence-corrected chi connectivity index (χ3v) is 5.83. The first-order valence-electron chi connectivity index (χ1n) is 7.05. The van der Waals surface area contributed by atoms with E-state index in [2.05, 4.69) is 6.08 Å². The molecule has 2 aliphatic rings. The van der Waals surface area contributed by atoms with Gasteiger partial charge < -0.3 is 5.11 Å². The van der Waals surface area contributed by atoms with Gasteiger partial charge >= 0.3 is 5.97 Å². The van der Waals surface area contributed by atoms with E-state index in [0.29, 0.717) is 18.7 Å². The van der Waals surface area contributed by atoms with Crippen LogP contribution < -0.4 is 4.31 Å². The summed E-state index contributed by atoms with van der Waals surface area (Å²) in [5.41, 5.74) is 2.54. The smallest absolute Gasteiger partial charge is 0.335 e. The highest BCUT2D eigenvalue weighted by atomic mass is 32.2. The second-order valence-corrected chi connectivity index (χ2v) is 7.45. The molecule has 21 heavy (non-hydrogen) atoms. The molecular weight excluding hydrogens is 290 g/mol. The zero-order chi connectivity index (χ0) is 15.0. The maximum atomic E-state index is 12.0. The first kappa shape index (κ1) is 14.1. The maximum absolute atomic E-state index is 12.0. The Morgan fingerprint density at radius 1 is 1.19 bits per heavy atom. The fraction of sp³-hybridized carbons (Fsp3) is 0.400. The molecule has 1 aromatic rings. The zero-order valence-electron chi connectivity index (χ0n) is 11.6. The Balaban J connectivity index is 2.09. The Hall–Kier alpha value is -1.82. The second kappa shape index (κ2) is 5.18. The van der Waals surface area contributed by atoms with Crippen molar-refractivity contribution < 1.29 is 18.3 Å². The topological polar surface area (TPSA) is 74.7 Å². The maximum Gasteiger partial charge on any atom is 0.335 e. The Morgan fingerprint density at radius 3 is 2.57 bits per heavy atom. The number of nitrogens with zero attached hydrogens (tertiary/aromatic N) is 1. The van der Waals surface area contributed by atoms with Gasteiger partial charge in [-0.25, -0.2) is 13.2 Å². The molecule has 0 atom stereocenters. The third kappa shape index (κ3) is 2.68. The highest BCUT2D eigenvalue weighted by molar-refractivity contribution is 7.93. The lowest BCUT2D eigenvalue weighted by Crippen LogP contribution is -2.25. The molecule has 1 fully saturated rings. The lowest BCUT2D eigenvalue weighted by atomic mass is 10.0. The number of allylic oxidation sites excluding steroid dienone is 2. The van der Waals surface area contributed by atoms with Crippen LogP contribution in [0.2, 0.25) is 0 Å². The van der Waals surface area contributed by atoms with Gasteiger partial charge in [-0.2, -0.15) is 0 Å². The number of carboxylic acids is 1. The molecule has 1 heterocycles. The van der Waals surface area contributed by atoms with E-state index in [1.165, 1.54) is 10.4 Å². The Kier molecular flexibility index (Phi) is 3.49. The van der Waals surface area contributed by atoms with Crippen LogP contribution in [-0.4, -0.2) is 31.8 Å². The van der Waals surface area contributed by atoms with E-state index in [-0.39, 0.29) is 11.3 Å². The number of hydrogen-bond acceptors (Lipinski definition) is 3. The minimum atomic E-state index is -3.30. The van der Waals surface area contributed by atoms with Gasteiger partial charge in [-0.1, -0.05) is 6.08 Å². The molecule has 5 nitrogen and oxygen atoms in total. The Morgan fingerprint density at radius 2 is 2.00 bits per heavy atom. The van der Waals surface area contributed by atoms with Crippen molar-refractivity contribution in [2.75, 3.05) is 16.6 Å². The highest BCUT2D eigenvalue weighted by Crippen LogP contribution is 2.33. The van der Waals surface area contributed by atoms with Crippen LogP contribution in [0.25, 0.3) is 5.57 Å². The SMILES string of the molecule is O=C(O)c1cc(C2=CCCC2)cc(N2CCCS2(=O)=O)c1. The molecule has 0 unspecified atom stereocenters. The summed E-state index contributed by atoms with van der Waals surface area (Å²) >= 11 is 0. The number of carboxylic acid groups (broad SMARTS) is 1. The van der Waals surface area contributed by atoms with Gasteiger partial charge in [-0.15, -0.1) is 0 Å². The van der Waals surface area contributed by atoms with Crippen molar-refractivity contribution in [2.45, 2.75) is 25.7 Å². The first-order chi connectivity index (χ1) is 9.97. The quantitative estimate of drug-likeness (QED) is 0.931. The van der Waals surface area contributed by atoms with Gasteiger partial charge in [0, 0.05) is 6.54 Å². The van der Waals surface area contributed by atoms with Crippen LogP contribution in [-0.2, 0) is 10.0 Å². The average Bonchev–Trinajstić information content (AvgIpc) is 3.07. The van der Waals surface area contributed by atoms with Crippen LogP contribution in [0.3, 0.4) is 0 Å². The number of benzene rings is 1. The van der Waals surface area contributed by atoms with Crippen LogP contribution in [0, 0.1) is 0 Å². The molecule has 1 aliphatic carbocycles. The molecule has 1 aromatic carbocycles. The van der Waals surface area contributed by atoms with Gasteiger partial charge in [0.2, 0.25) is 10.0 Å². The van der Waals surface area contributed by atoms with Crippen molar-refractivity contribution in [1.82, 2.24) is 0 Å². The van der Waals surface area contributed by atoms with Gasteiger partial charge in [0.05, 0.1) is 17.0 Å². The van der Waals surface area contributed by atoms with E-state index < -0.39 is 16.0 Å². The molecule has 3 rings (SSSR count). The molecule has 0 radical (unpaired) electrons. The summed E-state index contributed by atoms with van der Waals surface area (Å²) < 4.78 is 25.4. The summed E-state index contributed by atoms with van der Waals surface area (Å²) in [5, 5.41) is 9.26. The van der Waals surface area contributed by atoms with Gasteiger partial charge in [-0.3, -0.25) is 4.31 Å². The second-order valence-electron chi connectivity index (χ2n) is 5.44. The van der Waals surface area contributed by atoms with Gasteiger partial charge in [-0.05, 0) is 55.0 Å². The lowest BCUT2D eigenvalue weighted by Gasteiger charge is -2.19. The van der Waals surface area contributed by atoms with Crippen molar-refractivity contribution in [3.05, 3.63) is 35.4 Å². The van der Waals surface area contributed by atoms with Crippen LogP contribution in [0.5, 0.6) is 0 Å². The summed E-state index contributed by atoms with van der Waals surface area (Å²) in [6, 6.07) is 4.88. The van der Waals surface area contributed by atoms with Crippen LogP contribution in [0.4, 0.5) is 5.69 Å². The van der Waals surface area contributed by atoms with Gasteiger partial charge in [0.1, 0.15) is 0 Å². The van der Waals surface area contributed by atoms with E-state index in [1.54, 1.807) is 12.1 Å². The summed E-state index contributed by atoms with van der Waals surface area (Å²) in [6.07, 6.45) is 5.64. The molecule has 0 amide bonds. The van der Waals surface area contributed by atoms with E-state index in [0.717, 1.165) is 30.4 Å². The van der Waals surface area contributed by atoms with Crippen LogP contribution >= 0.6 is 0 Å². The zero-order valence-corrected chi connectivity index (χ0v) is 12.4. The van der Waals surface area contributed by atoms with E-state index in [9.17, 15) is 18.3 Å². The molecule has 6 heteroatoms. The molecule has 0 spiro atoms. The molecular formula is C15H17NO4S. The molecule has 1 saturated heterocycles. The molecule has 1 N–H and O–H groups in total. The summed E-state index contributed by atoms with van der Waals surface area (Å²) in [7, 11) is -3.30. The standard InChI is InChI=1S/C15H17NO4S/c17-15(18)13-8-12(11-4-1-2-5-11)9-14(10-13)16-6-3-7-21(16,19)20/h4,8-10H,1-3,5-7H2,(H,17,18). The number of aromatic carboxylic acids is 1. The van der Waals surface area contributed by atoms with Gasteiger partial charge in [0.25, 0.3) is 0 Å². The summed E-state index contributed by atoms with van der Waals surface area (Å²) in [4.78, 5) is 11.3. The monoisotopic (exact) mass is 307 g/mol. The van der Waals surface area contributed by atoms with Crippen molar-refractivity contribution in [2.24, 2.45) is 0 Å². The summed E-state index contributed by atoms with van der Waals surface area (Å²) in [5.74, 6) is -0.907. The van der Waals surface area contributed by atoms with Crippen molar-refractivity contribution in [3.8, 4) is 0 Å². The molecule has 0 bridgehead atoms. The molecule has 1 aliphatic heterocycles. The number of hydrogen-bond donors (Lipinski definition) is 1. The predicted molar refractivity (Wildman–Crippen MR) is 81.0 cm³/mol. The first-order valence-corrected chi connectivity index (χ1v) is 8.66. The number of anilines is 1. The van der Waals surface area contributed by atoms with E-state index in [1.807, 2.05) is 0 Å². The van der Waals surface area contributed by atoms with Gasteiger partial charge in [0.15, 0.2) is 0 Å². The van der Waals surface area contributed by atoms with Crippen LogP contribution in [0.15, 0.2) is 24.3 Å². The minimum Gasteiger partial charge on any atom is -0.478 e. The summed E-state index contributed by atoms with van der Waals surface area (Å²) in [6.45, 7) is 0.421. The normalized spacial score (nSPS) is 20.6. The third-order valence-electron chi connectivity index (χ3n) is 3.96. The number of sulfonamides is 1. The highest BCUT2D eigenvalue weighted by Gasteiger charge is 2.29. The molecule has 112 valence electrons. The number of carbonyl (C=O) groups is 1. The Labute approximate surface area is 123 Å². The number of rotatable bonds is 3. The minimum absolute atomic E-state index is 0.127. The van der Waals surface area contributed by atoms with E-state index in [4.69, 9.17) is 0 Å². The molecule has 0 aromatic heterocycles. The van der Waals surface area contributed by atoms with Crippen LogP contribution in [0.1, 0.15) is 41.6 Å². The predicted octanol–water partition coefficient (Wildman–Crippen LogP) is 2.49. The fourth-order valence-corrected chi connectivity index (χ4v) is 4.47. The fourth-order valence-electron chi connectivity index (χ4n) is 2.93. The van der Waals surface area contributed by atoms with Crippen molar-refractivity contribution in [1.29, 1.82) is 0 Å². The van der Waals surface area contributed by atoms with Crippen molar-refractivity contribution in [3.63, 3.8) is 0 Å². The van der Waals surface area contributed by atoms with E-state index >= 15 is 0 Å².